The Labute approximate surface area is 188 Å². The molecule has 2 heterocycles. The Morgan fingerprint density at radius 1 is 1.09 bits per heavy atom. The standard InChI is InChI=1S/C25H32FN3O3/c1-4-18(3)29-15-21(24(31)27-14-19-13-20(26)10-9-17(19)2)23(30)22(16-29)25(32)28-11-7-5-6-8-12-28/h9-10,13,15-16,18H,4-8,11-12,14H2,1-3H3,(H,27,31)/t18-/m1/s1. The maximum absolute atomic E-state index is 13.6. The molecule has 0 saturated carbocycles. The number of aryl methyl sites for hydroxylation is 1. The van der Waals surface area contributed by atoms with E-state index in [1.54, 1.807) is 21.7 Å². The molecule has 1 aliphatic rings. The van der Waals surface area contributed by atoms with E-state index >= 15 is 0 Å². The summed E-state index contributed by atoms with van der Waals surface area (Å²) in [6.07, 6.45) is 7.85. The van der Waals surface area contributed by atoms with Crippen LogP contribution in [-0.2, 0) is 6.54 Å². The van der Waals surface area contributed by atoms with Crippen LogP contribution in [0.15, 0.2) is 35.4 Å². The number of halogens is 1. The van der Waals surface area contributed by atoms with Crippen molar-refractivity contribution in [1.82, 2.24) is 14.8 Å². The molecule has 1 aromatic heterocycles. The van der Waals surface area contributed by atoms with Gasteiger partial charge < -0.3 is 14.8 Å². The van der Waals surface area contributed by atoms with Gasteiger partial charge in [0.2, 0.25) is 5.43 Å². The van der Waals surface area contributed by atoms with Crippen LogP contribution in [-0.4, -0.2) is 34.4 Å². The number of amides is 2. The van der Waals surface area contributed by atoms with Gasteiger partial charge in [-0.05, 0) is 56.4 Å². The summed E-state index contributed by atoms with van der Waals surface area (Å²) in [6, 6.07) is 4.39. The summed E-state index contributed by atoms with van der Waals surface area (Å²) in [6.45, 7) is 7.15. The molecular weight excluding hydrogens is 409 g/mol. The first kappa shape index (κ1) is 23.7. The highest BCUT2D eigenvalue weighted by atomic mass is 19.1. The number of likely N-dealkylation sites (tertiary alicyclic amines) is 1. The molecule has 1 atom stereocenters. The number of aromatic nitrogens is 1. The van der Waals surface area contributed by atoms with Crippen molar-refractivity contribution in [1.29, 1.82) is 0 Å². The number of hydrogen-bond acceptors (Lipinski definition) is 3. The molecular formula is C25H32FN3O3. The molecule has 2 amide bonds. The molecule has 3 rings (SSSR count). The maximum atomic E-state index is 13.6. The molecule has 7 heteroatoms. The zero-order chi connectivity index (χ0) is 23.3. The first-order valence-corrected chi connectivity index (χ1v) is 11.4. The zero-order valence-corrected chi connectivity index (χ0v) is 19.1. The summed E-state index contributed by atoms with van der Waals surface area (Å²) in [5.41, 5.74) is 0.875. The van der Waals surface area contributed by atoms with E-state index in [0.29, 0.717) is 18.7 Å². The summed E-state index contributed by atoms with van der Waals surface area (Å²) in [5.74, 6) is -1.27. The van der Waals surface area contributed by atoms with Gasteiger partial charge in [0, 0.05) is 38.1 Å². The molecule has 1 fully saturated rings. The van der Waals surface area contributed by atoms with Crippen molar-refractivity contribution in [3.8, 4) is 0 Å². The third-order valence-electron chi connectivity index (χ3n) is 6.26. The fourth-order valence-electron chi connectivity index (χ4n) is 3.92. The Morgan fingerprint density at radius 3 is 2.41 bits per heavy atom. The van der Waals surface area contributed by atoms with E-state index < -0.39 is 11.3 Å². The molecule has 1 aliphatic heterocycles. The van der Waals surface area contributed by atoms with Crippen molar-refractivity contribution in [2.45, 2.75) is 65.5 Å². The molecule has 1 N–H and O–H groups in total. The van der Waals surface area contributed by atoms with Gasteiger partial charge in [-0.15, -0.1) is 0 Å². The van der Waals surface area contributed by atoms with Gasteiger partial charge in [-0.2, -0.15) is 0 Å². The van der Waals surface area contributed by atoms with Crippen LogP contribution in [0, 0.1) is 12.7 Å². The number of hydrogen-bond donors (Lipinski definition) is 1. The molecule has 32 heavy (non-hydrogen) atoms. The number of nitrogens with one attached hydrogen (secondary N) is 1. The minimum Gasteiger partial charge on any atom is -0.350 e. The monoisotopic (exact) mass is 441 g/mol. The van der Waals surface area contributed by atoms with Gasteiger partial charge in [-0.25, -0.2) is 4.39 Å². The summed E-state index contributed by atoms with van der Waals surface area (Å²) in [7, 11) is 0. The third-order valence-corrected chi connectivity index (χ3v) is 6.26. The highest BCUT2D eigenvalue weighted by Crippen LogP contribution is 2.16. The SMILES string of the molecule is CC[C@@H](C)n1cc(C(=O)NCc2cc(F)ccc2C)c(=O)c(C(=O)N2CCCCCC2)c1. The average molecular weight is 442 g/mol. The summed E-state index contributed by atoms with van der Waals surface area (Å²) >= 11 is 0. The van der Waals surface area contributed by atoms with E-state index in [-0.39, 0.29) is 35.4 Å². The predicted molar refractivity (Wildman–Crippen MR) is 122 cm³/mol. The molecule has 0 bridgehead atoms. The molecule has 0 radical (unpaired) electrons. The molecule has 1 saturated heterocycles. The Morgan fingerprint density at radius 2 is 1.75 bits per heavy atom. The van der Waals surface area contributed by atoms with Gasteiger partial charge >= 0.3 is 0 Å². The Kier molecular flexibility index (Phi) is 7.83. The molecule has 6 nitrogen and oxygen atoms in total. The molecule has 0 aliphatic carbocycles. The second-order valence-electron chi connectivity index (χ2n) is 8.58. The Bertz CT molecular complexity index is 1040. The topological polar surface area (TPSA) is 71.4 Å². The second kappa shape index (κ2) is 10.6. The minimum absolute atomic E-state index is 0.0169. The number of rotatable bonds is 6. The largest absolute Gasteiger partial charge is 0.350 e. The maximum Gasteiger partial charge on any atom is 0.259 e. The van der Waals surface area contributed by atoms with Gasteiger partial charge in [0.1, 0.15) is 16.9 Å². The lowest BCUT2D eigenvalue weighted by atomic mass is 10.1. The van der Waals surface area contributed by atoms with E-state index in [9.17, 15) is 18.8 Å². The van der Waals surface area contributed by atoms with Crippen LogP contribution in [0.4, 0.5) is 4.39 Å². The molecule has 0 spiro atoms. The number of pyridine rings is 1. The number of carbonyl (C=O) groups excluding carboxylic acids is 2. The quantitative estimate of drug-likeness (QED) is 0.730. The van der Waals surface area contributed by atoms with Crippen LogP contribution in [0.3, 0.4) is 0 Å². The van der Waals surface area contributed by atoms with Gasteiger partial charge in [0.05, 0.1) is 0 Å². The number of nitrogens with zero attached hydrogens (tertiary/aromatic N) is 2. The third kappa shape index (κ3) is 5.44. The van der Waals surface area contributed by atoms with Gasteiger partial charge in [-0.1, -0.05) is 25.8 Å². The lowest BCUT2D eigenvalue weighted by Gasteiger charge is -2.22. The minimum atomic E-state index is -0.568. The van der Waals surface area contributed by atoms with Gasteiger partial charge in [0.25, 0.3) is 11.8 Å². The number of carbonyl (C=O) groups is 2. The van der Waals surface area contributed by atoms with Crippen molar-refractivity contribution in [2.75, 3.05) is 13.1 Å². The highest BCUT2D eigenvalue weighted by Gasteiger charge is 2.24. The Hall–Kier alpha value is -2.96. The van der Waals surface area contributed by atoms with E-state index in [0.717, 1.165) is 37.7 Å². The summed E-state index contributed by atoms with van der Waals surface area (Å²) in [5, 5.41) is 2.72. The Balaban J connectivity index is 1.92. The van der Waals surface area contributed by atoms with Crippen molar-refractivity contribution >= 4 is 11.8 Å². The molecule has 172 valence electrons. The van der Waals surface area contributed by atoms with Crippen LogP contribution in [0.25, 0.3) is 0 Å². The van der Waals surface area contributed by atoms with Crippen molar-refractivity contribution in [3.63, 3.8) is 0 Å². The van der Waals surface area contributed by atoms with Gasteiger partial charge in [-0.3, -0.25) is 14.4 Å². The lowest BCUT2D eigenvalue weighted by Crippen LogP contribution is -2.38. The number of benzene rings is 1. The first-order valence-electron chi connectivity index (χ1n) is 11.4. The van der Waals surface area contributed by atoms with Crippen LogP contribution < -0.4 is 10.7 Å². The summed E-state index contributed by atoms with van der Waals surface area (Å²) < 4.78 is 15.4. The average Bonchev–Trinajstić information content (AvgIpc) is 3.08. The van der Waals surface area contributed by atoms with Crippen molar-refractivity contribution < 1.29 is 14.0 Å². The van der Waals surface area contributed by atoms with Crippen molar-refractivity contribution in [2.24, 2.45) is 0 Å². The second-order valence-corrected chi connectivity index (χ2v) is 8.58. The first-order chi connectivity index (χ1) is 15.3. The predicted octanol–water partition coefficient (Wildman–Crippen LogP) is 4.21. The normalized spacial score (nSPS) is 15.2. The smallest absolute Gasteiger partial charge is 0.259 e. The molecule has 2 aromatic rings. The van der Waals surface area contributed by atoms with E-state index in [1.165, 1.54) is 18.3 Å². The molecule has 1 aromatic carbocycles. The fourth-order valence-corrected chi connectivity index (χ4v) is 3.92. The molecule has 0 unspecified atom stereocenters. The van der Waals surface area contributed by atoms with Crippen LogP contribution in [0.1, 0.15) is 83.8 Å². The fraction of sp³-hybridized carbons (Fsp3) is 0.480. The van der Waals surface area contributed by atoms with Crippen LogP contribution >= 0.6 is 0 Å². The van der Waals surface area contributed by atoms with E-state index in [1.807, 2.05) is 20.8 Å². The van der Waals surface area contributed by atoms with Crippen LogP contribution in [0.5, 0.6) is 0 Å². The zero-order valence-electron chi connectivity index (χ0n) is 19.1. The van der Waals surface area contributed by atoms with E-state index in [4.69, 9.17) is 0 Å². The summed E-state index contributed by atoms with van der Waals surface area (Å²) in [4.78, 5) is 41.1. The lowest BCUT2D eigenvalue weighted by molar-refractivity contribution is 0.0759. The van der Waals surface area contributed by atoms with Crippen LogP contribution in [0.2, 0.25) is 0 Å². The van der Waals surface area contributed by atoms with E-state index in [2.05, 4.69) is 5.32 Å². The van der Waals surface area contributed by atoms with Crippen molar-refractivity contribution in [3.05, 3.63) is 68.9 Å². The highest BCUT2D eigenvalue weighted by molar-refractivity contribution is 5.99. The van der Waals surface area contributed by atoms with Gasteiger partial charge in [0.15, 0.2) is 0 Å².